The lowest BCUT2D eigenvalue weighted by molar-refractivity contribution is -0.0255. The molecule has 0 saturated carbocycles. The fraction of sp³-hybridized carbons (Fsp3) is 0.471. The Morgan fingerprint density at radius 3 is 3.08 bits per heavy atom. The second-order valence-corrected chi connectivity index (χ2v) is 6.07. The van der Waals surface area contributed by atoms with Crippen LogP contribution in [0.15, 0.2) is 35.3 Å². The van der Waals surface area contributed by atoms with Gasteiger partial charge in [-0.1, -0.05) is 0 Å². The van der Waals surface area contributed by atoms with Gasteiger partial charge in [-0.2, -0.15) is 0 Å². The summed E-state index contributed by atoms with van der Waals surface area (Å²) in [6.45, 7) is 1.70. The first-order valence-corrected chi connectivity index (χ1v) is 8.05. The SMILES string of the molecule is CN(C)c1cc(CCC2CN(C(=O)c3cnco3)CCO2)ccn1. The van der Waals surface area contributed by atoms with Crippen LogP contribution in [0.2, 0.25) is 0 Å². The normalized spacial score (nSPS) is 17.8. The van der Waals surface area contributed by atoms with E-state index in [4.69, 9.17) is 9.15 Å². The van der Waals surface area contributed by atoms with Crippen LogP contribution in [-0.4, -0.2) is 60.7 Å². The molecule has 1 aliphatic rings. The number of carbonyl (C=O) groups excluding carboxylic acids is 1. The van der Waals surface area contributed by atoms with Gasteiger partial charge in [0.05, 0.1) is 18.9 Å². The van der Waals surface area contributed by atoms with E-state index in [0.717, 1.165) is 18.7 Å². The molecule has 24 heavy (non-hydrogen) atoms. The van der Waals surface area contributed by atoms with Gasteiger partial charge in [0.1, 0.15) is 5.82 Å². The molecule has 0 aliphatic carbocycles. The predicted octanol–water partition coefficient (Wildman–Crippen LogP) is 1.61. The maximum atomic E-state index is 12.3. The van der Waals surface area contributed by atoms with E-state index >= 15 is 0 Å². The van der Waals surface area contributed by atoms with E-state index in [0.29, 0.717) is 19.7 Å². The largest absolute Gasteiger partial charge is 0.438 e. The van der Waals surface area contributed by atoms with E-state index in [1.807, 2.05) is 31.3 Å². The van der Waals surface area contributed by atoms with Crippen molar-refractivity contribution in [2.45, 2.75) is 18.9 Å². The zero-order valence-electron chi connectivity index (χ0n) is 14.0. The Kier molecular flexibility index (Phi) is 5.10. The number of carbonyl (C=O) groups is 1. The second-order valence-electron chi connectivity index (χ2n) is 6.07. The Bertz CT molecular complexity index is 672. The zero-order valence-corrected chi connectivity index (χ0v) is 14.0. The van der Waals surface area contributed by atoms with Gasteiger partial charge < -0.3 is 19.0 Å². The van der Waals surface area contributed by atoms with E-state index in [2.05, 4.69) is 16.0 Å². The molecule has 0 radical (unpaired) electrons. The van der Waals surface area contributed by atoms with Crippen LogP contribution in [0, 0.1) is 0 Å². The van der Waals surface area contributed by atoms with Crippen molar-refractivity contribution < 1.29 is 13.9 Å². The summed E-state index contributed by atoms with van der Waals surface area (Å²) in [5, 5.41) is 0. The highest BCUT2D eigenvalue weighted by Gasteiger charge is 2.26. The molecule has 2 aromatic heterocycles. The maximum Gasteiger partial charge on any atom is 0.291 e. The minimum absolute atomic E-state index is 0.0293. The molecular formula is C17H22N4O3. The Morgan fingerprint density at radius 2 is 2.33 bits per heavy atom. The van der Waals surface area contributed by atoms with Crippen molar-refractivity contribution >= 4 is 11.7 Å². The molecule has 0 spiro atoms. The molecule has 1 fully saturated rings. The van der Waals surface area contributed by atoms with E-state index in [9.17, 15) is 4.79 Å². The van der Waals surface area contributed by atoms with Crippen molar-refractivity contribution in [2.75, 3.05) is 38.7 Å². The summed E-state index contributed by atoms with van der Waals surface area (Å²) in [6, 6.07) is 4.10. The first-order chi connectivity index (χ1) is 11.6. The van der Waals surface area contributed by atoms with E-state index < -0.39 is 0 Å². The fourth-order valence-corrected chi connectivity index (χ4v) is 2.74. The summed E-state index contributed by atoms with van der Waals surface area (Å²) < 4.78 is 10.9. The summed E-state index contributed by atoms with van der Waals surface area (Å²) in [6.07, 6.45) is 6.33. The number of aryl methyl sites for hydroxylation is 1. The lowest BCUT2D eigenvalue weighted by Gasteiger charge is -2.32. The lowest BCUT2D eigenvalue weighted by Crippen LogP contribution is -2.45. The highest BCUT2D eigenvalue weighted by molar-refractivity contribution is 5.91. The molecule has 3 rings (SSSR count). The van der Waals surface area contributed by atoms with E-state index in [-0.39, 0.29) is 17.8 Å². The summed E-state index contributed by atoms with van der Waals surface area (Å²) in [5.74, 6) is 1.10. The van der Waals surface area contributed by atoms with Crippen LogP contribution in [0.5, 0.6) is 0 Å². The minimum Gasteiger partial charge on any atom is -0.438 e. The number of pyridine rings is 1. The van der Waals surface area contributed by atoms with Gasteiger partial charge in [0, 0.05) is 33.4 Å². The van der Waals surface area contributed by atoms with Crippen molar-refractivity contribution in [2.24, 2.45) is 0 Å². The number of rotatable bonds is 5. The van der Waals surface area contributed by atoms with Crippen molar-refractivity contribution in [1.82, 2.24) is 14.9 Å². The third kappa shape index (κ3) is 3.91. The van der Waals surface area contributed by atoms with Gasteiger partial charge in [0.15, 0.2) is 6.39 Å². The van der Waals surface area contributed by atoms with Crippen LogP contribution in [-0.2, 0) is 11.2 Å². The van der Waals surface area contributed by atoms with E-state index in [1.54, 1.807) is 4.90 Å². The molecule has 0 N–H and O–H groups in total. The molecule has 1 atom stereocenters. The molecule has 128 valence electrons. The summed E-state index contributed by atoms with van der Waals surface area (Å²) in [7, 11) is 3.95. The van der Waals surface area contributed by atoms with Gasteiger partial charge in [0.2, 0.25) is 5.76 Å². The molecule has 1 saturated heterocycles. The Hall–Kier alpha value is -2.41. The Morgan fingerprint density at radius 1 is 1.46 bits per heavy atom. The summed E-state index contributed by atoms with van der Waals surface area (Å²) in [4.78, 5) is 24.2. The molecular weight excluding hydrogens is 308 g/mol. The quantitative estimate of drug-likeness (QED) is 0.829. The van der Waals surface area contributed by atoms with Gasteiger partial charge >= 0.3 is 0 Å². The molecule has 7 heteroatoms. The van der Waals surface area contributed by atoms with Crippen LogP contribution in [0.1, 0.15) is 22.5 Å². The molecule has 0 aromatic carbocycles. The number of ether oxygens (including phenoxy) is 1. The molecule has 3 heterocycles. The van der Waals surface area contributed by atoms with Crippen LogP contribution in [0.3, 0.4) is 0 Å². The highest BCUT2D eigenvalue weighted by atomic mass is 16.5. The number of amides is 1. The average Bonchev–Trinajstić information content (AvgIpc) is 3.14. The number of aromatic nitrogens is 2. The molecule has 1 aliphatic heterocycles. The number of morpholine rings is 1. The van der Waals surface area contributed by atoms with Gasteiger partial charge in [-0.3, -0.25) is 4.79 Å². The molecule has 0 bridgehead atoms. The molecule has 1 unspecified atom stereocenters. The predicted molar refractivity (Wildman–Crippen MR) is 89.0 cm³/mol. The van der Waals surface area contributed by atoms with Gasteiger partial charge in [0.25, 0.3) is 5.91 Å². The van der Waals surface area contributed by atoms with E-state index in [1.165, 1.54) is 18.2 Å². The number of hydrogen-bond acceptors (Lipinski definition) is 6. The standard InChI is InChI=1S/C17H22N4O3/c1-20(2)16-9-13(5-6-19-16)3-4-14-11-21(7-8-23-14)17(22)15-10-18-12-24-15/h5-6,9-10,12,14H,3-4,7-8,11H2,1-2H3. The summed E-state index contributed by atoms with van der Waals surface area (Å²) >= 11 is 0. The maximum absolute atomic E-state index is 12.3. The first-order valence-electron chi connectivity index (χ1n) is 8.05. The van der Waals surface area contributed by atoms with Crippen LogP contribution < -0.4 is 4.90 Å². The first kappa shape index (κ1) is 16.4. The van der Waals surface area contributed by atoms with Crippen LogP contribution in [0.25, 0.3) is 0 Å². The monoisotopic (exact) mass is 330 g/mol. The van der Waals surface area contributed by atoms with Gasteiger partial charge in [-0.15, -0.1) is 0 Å². The van der Waals surface area contributed by atoms with Crippen molar-refractivity contribution in [3.05, 3.63) is 42.2 Å². The second kappa shape index (κ2) is 7.44. The third-order valence-corrected chi connectivity index (χ3v) is 4.09. The average molecular weight is 330 g/mol. The molecule has 7 nitrogen and oxygen atoms in total. The van der Waals surface area contributed by atoms with Crippen molar-refractivity contribution in [3.8, 4) is 0 Å². The number of anilines is 1. The molecule has 1 amide bonds. The Balaban J connectivity index is 1.56. The van der Waals surface area contributed by atoms with Crippen LogP contribution in [0.4, 0.5) is 5.82 Å². The number of hydrogen-bond donors (Lipinski definition) is 0. The van der Waals surface area contributed by atoms with Gasteiger partial charge in [-0.25, -0.2) is 9.97 Å². The zero-order chi connectivity index (χ0) is 16.9. The van der Waals surface area contributed by atoms with Gasteiger partial charge in [-0.05, 0) is 30.5 Å². The molecule has 2 aromatic rings. The topological polar surface area (TPSA) is 71.7 Å². The minimum atomic E-state index is -0.125. The fourth-order valence-electron chi connectivity index (χ4n) is 2.74. The van der Waals surface area contributed by atoms with Crippen molar-refractivity contribution in [3.63, 3.8) is 0 Å². The number of oxazole rings is 1. The lowest BCUT2D eigenvalue weighted by atomic mass is 10.1. The third-order valence-electron chi connectivity index (χ3n) is 4.09. The van der Waals surface area contributed by atoms with Crippen molar-refractivity contribution in [1.29, 1.82) is 0 Å². The number of nitrogens with zero attached hydrogens (tertiary/aromatic N) is 4. The van der Waals surface area contributed by atoms with Crippen LogP contribution >= 0.6 is 0 Å². The highest BCUT2D eigenvalue weighted by Crippen LogP contribution is 2.16. The Labute approximate surface area is 141 Å². The smallest absolute Gasteiger partial charge is 0.291 e. The summed E-state index contributed by atoms with van der Waals surface area (Å²) in [5.41, 5.74) is 1.22.